The molecule has 1 aromatic rings. The van der Waals surface area contributed by atoms with Crippen molar-refractivity contribution in [1.82, 2.24) is 5.32 Å². The first-order valence-corrected chi connectivity index (χ1v) is 5.72. The SMILES string of the molecule is CC(NCC(N)=O)c1ccc(Cl)c(Cl)c1Cl. The van der Waals surface area contributed by atoms with Crippen LogP contribution in [0.1, 0.15) is 18.5 Å². The summed E-state index contributed by atoms with van der Waals surface area (Å²) in [6.45, 7) is 1.94. The molecule has 0 bridgehead atoms. The number of amides is 1. The highest BCUT2D eigenvalue weighted by atomic mass is 35.5. The van der Waals surface area contributed by atoms with Crippen LogP contribution in [0.3, 0.4) is 0 Å². The quantitative estimate of drug-likeness (QED) is 0.834. The molecule has 0 aliphatic heterocycles. The molecule has 3 nitrogen and oxygen atoms in total. The van der Waals surface area contributed by atoms with Crippen LogP contribution < -0.4 is 11.1 Å². The van der Waals surface area contributed by atoms with Crippen LogP contribution in [0.2, 0.25) is 15.1 Å². The molecule has 1 unspecified atom stereocenters. The van der Waals surface area contributed by atoms with Crippen molar-refractivity contribution >= 4 is 40.7 Å². The van der Waals surface area contributed by atoms with E-state index in [1.165, 1.54) is 0 Å². The maximum Gasteiger partial charge on any atom is 0.231 e. The fraction of sp³-hybridized carbons (Fsp3) is 0.300. The van der Waals surface area contributed by atoms with Crippen LogP contribution in [0.4, 0.5) is 0 Å². The Morgan fingerprint density at radius 1 is 1.38 bits per heavy atom. The van der Waals surface area contributed by atoms with E-state index in [2.05, 4.69) is 5.32 Å². The summed E-state index contributed by atoms with van der Waals surface area (Å²) in [5, 5.41) is 4.03. The summed E-state index contributed by atoms with van der Waals surface area (Å²) in [5.74, 6) is -0.428. The van der Waals surface area contributed by atoms with Gasteiger partial charge in [-0.05, 0) is 18.6 Å². The van der Waals surface area contributed by atoms with Gasteiger partial charge in [-0.25, -0.2) is 0 Å². The van der Waals surface area contributed by atoms with Crippen molar-refractivity contribution in [3.05, 3.63) is 32.8 Å². The minimum atomic E-state index is -0.428. The van der Waals surface area contributed by atoms with Gasteiger partial charge in [0.05, 0.1) is 21.6 Å². The molecule has 3 N–H and O–H groups in total. The van der Waals surface area contributed by atoms with Gasteiger partial charge in [0.15, 0.2) is 0 Å². The molecular weight excluding hydrogens is 270 g/mol. The molecule has 0 heterocycles. The number of halogens is 3. The van der Waals surface area contributed by atoms with Crippen LogP contribution in [0.15, 0.2) is 12.1 Å². The number of nitrogens with one attached hydrogen (secondary N) is 1. The number of nitrogens with two attached hydrogens (primary N) is 1. The van der Waals surface area contributed by atoms with Gasteiger partial charge in [0.2, 0.25) is 5.91 Å². The first-order valence-electron chi connectivity index (χ1n) is 4.58. The number of carbonyl (C=O) groups excluding carboxylic acids is 1. The zero-order valence-corrected chi connectivity index (χ0v) is 10.8. The second-order valence-corrected chi connectivity index (χ2v) is 4.50. The van der Waals surface area contributed by atoms with E-state index < -0.39 is 5.91 Å². The van der Waals surface area contributed by atoms with Crippen LogP contribution in [-0.4, -0.2) is 12.5 Å². The molecule has 88 valence electrons. The van der Waals surface area contributed by atoms with Gasteiger partial charge in [0.1, 0.15) is 0 Å². The molecule has 16 heavy (non-hydrogen) atoms. The van der Waals surface area contributed by atoms with Gasteiger partial charge in [0.25, 0.3) is 0 Å². The summed E-state index contributed by atoms with van der Waals surface area (Å²) in [6, 6.07) is 3.29. The van der Waals surface area contributed by atoms with E-state index in [0.717, 1.165) is 5.56 Å². The van der Waals surface area contributed by atoms with E-state index in [9.17, 15) is 4.79 Å². The van der Waals surface area contributed by atoms with E-state index in [1.807, 2.05) is 6.92 Å². The molecule has 1 atom stereocenters. The topological polar surface area (TPSA) is 55.1 Å². The van der Waals surface area contributed by atoms with E-state index in [4.69, 9.17) is 40.5 Å². The molecule has 1 rings (SSSR count). The third kappa shape index (κ3) is 3.25. The average Bonchev–Trinajstić information content (AvgIpc) is 2.23. The number of primary amides is 1. The molecule has 1 amide bonds. The van der Waals surface area contributed by atoms with Crippen molar-refractivity contribution in [1.29, 1.82) is 0 Å². The molecule has 0 aliphatic rings. The van der Waals surface area contributed by atoms with Gasteiger partial charge in [-0.3, -0.25) is 4.79 Å². The standard InChI is InChI=1S/C10H11Cl3N2O/c1-5(15-4-8(14)16)6-2-3-7(11)10(13)9(6)12/h2-3,5,15H,4H2,1H3,(H2,14,16). The van der Waals surface area contributed by atoms with Crippen molar-refractivity contribution in [3.63, 3.8) is 0 Å². The average molecular weight is 282 g/mol. The van der Waals surface area contributed by atoms with E-state index >= 15 is 0 Å². The second kappa shape index (κ2) is 5.73. The Labute approximate surface area is 109 Å². The molecular formula is C10H11Cl3N2O. The van der Waals surface area contributed by atoms with Crippen molar-refractivity contribution in [2.75, 3.05) is 6.54 Å². The second-order valence-electron chi connectivity index (χ2n) is 3.33. The van der Waals surface area contributed by atoms with Crippen LogP contribution in [0, 0.1) is 0 Å². The van der Waals surface area contributed by atoms with Crippen molar-refractivity contribution in [2.45, 2.75) is 13.0 Å². The zero-order chi connectivity index (χ0) is 12.3. The van der Waals surface area contributed by atoms with Gasteiger partial charge in [-0.1, -0.05) is 40.9 Å². The number of hydrogen-bond donors (Lipinski definition) is 2. The summed E-state index contributed by atoms with van der Waals surface area (Å²) in [6.07, 6.45) is 0. The number of rotatable bonds is 4. The number of carbonyl (C=O) groups is 1. The Kier molecular flexibility index (Phi) is 4.87. The fourth-order valence-electron chi connectivity index (χ4n) is 1.24. The molecule has 0 saturated carbocycles. The number of benzene rings is 1. The van der Waals surface area contributed by atoms with Gasteiger partial charge in [0, 0.05) is 6.04 Å². The maximum atomic E-state index is 10.6. The highest BCUT2D eigenvalue weighted by molar-refractivity contribution is 6.48. The minimum absolute atomic E-state index is 0.0811. The molecule has 0 spiro atoms. The first-order chi connectivity index (χ1) is 7.43. The third-order valence-electron chi connectivity index (χ3n) is 2.11. The lowest BCUT2D eigenvalue weighted by molar-refractivity contribution is -0.117. The highest BCUT2D eigenvalue weighted by Gasteiger charge is 2.14. The molecule has 0 saturated heterocycles. The van der Waals surface area contributed by atoms with Crippen LogP contribution in [0.5, 0.6) is 0 Å². The van der Waals surface area contributed by atoms with Crippen LogP contribution >= 0.6 is 34.8 Å². The lowest BCUT2D eigenvalue weighted by Crippen LogP contribution is -2.30. The highest BCUT2D eigenvalue weighted by Crippen LogP contribution is 2.35. The third-order valence-corrected chi connectivity index (χ3v) is 3.42. The van der Waals surface area contributed by atoms with Crippen molar-refractivity contribution < 1.29 is 4.79 Å². The van der Waals surface area contributed by atoms with E-state index in [0.29, 0.717) is 15.1 Å². The zero-order valence-electron chi connectivity index (χ0n) is 8.56. The Bertz CT molecular complexity index is 409. The van der Waals surface area contributed by atoms with E-state index in [1.54, 1.807) is 12.1 Å². The molecule has 0 aromatic heterocycles. The molecule has 0 radical (unpaired) electrons. The lowest BCUT2D eigenvalue weighted by Gasteiger charge is -2.15. The monoisotopic (exact) mass is 280 g/mol. The Hall–Kier alpha value is -0.480. The van der Waals surface area contributed by atoms with Gasteiger partial charge in [-0.15, -0.1) is 0 Å². The summed E-state index contributed by atoms with van der Waals surface area (Å²) < 4.78 is 0. The van der Waals surface area contributed by atoms with E-state index in [-0.39, 0.29) is 12.6 Å². The van der Waals surface area contributed by atoms with Gasteiger partial charge < -0.3 is 11.1 Å². The Morgan fingerprint density at radius 2 is 2.00 bits per heavy atom. The van der Waals surface area contributed by atoms with Crippen molar-refractivity contribution in [3.8, 4) is 0 Å². The number of hydrogen-bond acceptors (Lipinski definition) is 2. The fourth-order valence-corrected chi connectivity index (χ4v) is 1.95. The largest absolute Gasteiger partial charge is 0.369 e. The molecule has 0 fully saturated rings. The Morgan fingerprint density at radius 3 is 2.56 bits per heavy atom. The molecule has 6 heteroatoms. The molecule has 0 aliphatic carbocycles. The van der Waals surface area contributed by atoms with Crippen molar-refractivity contribution in [2.24, 2.45) is 5.73 Å². The Balaban J connectivity index is 2.87. The molecule has 1 aromatic carbocycles. The maximum absolute atomic E-state index is 10.6. The summed E-state index contributed by atoms with van der Waals surface area (Å²) in [4.78, 5) is 10.6. The van der Waals surface area contributed by atoms with Crippen LogP contribution in [-0.2, 0) is 4.79 Å². The van der Waals surface area contributed by atoms with Gasteiger partial charge in [-0.2, -0.15) is 0 Å². The predicted octanol–water partition coefficient (Wildman–Crippen LogP) is 2.78. The predicted molar refractivity (Wildman–Crippen MR) is 67.1 cm³/mol. The normalized spacial score (nSPS) is 12.5. The minimum Gasteiger partial charge on any atom is -0.369 e. The van der Waals surface area contributed by atoms with Crippen LogP contribution in [0.25, 0.3) is 0 Å². The first kappa shape index (κ1) is 13.6. The summed E-state index contributed by atoms with van der Waals surface area (Å²) >= 11 is 17.7. The summed E-state index contributed by atoms with van der Waals surface area (Å²) in [5.41, 5.74) is 5.80. The summed E-state index contributed by atoms with van der Waals surface area (Å²) in [7, 11) is 0. The lowest BCUT2D eigenvalue weighted by atomic mass is 10.1. The smallest absolute Gasteiger partial charge is 0.231 e. The van der Waals surface area contributed by atoms with Gasteiger partial charge >= 0.3 is 0 Å².